The van der Waals surface area contributed by atoms with E-state index in [1.807, 2.05) is 6.20 Å². The van der Waals surface area contributed by atoms with Gasteiger partial charge in [0.1, 0.15) is 0 Å². The lowest BCUT2D eigenvalue weighted by molar-refractivity contribution is 0.121. The number of hydrogen-bond donors (Lipinski definition) is 0. The van der Waals surface area contributed by atoms with E-state index in [4.69, 9.17) is 4.74 Å². The molecule has 0 radical (unpaired) electrons. The van der Waals surface area contributed by atoms with Crippen LogP contribution in [-0.2, 0) is 4.74 Å². The quantitative estimate of drug-likeness (QED) is 0.811. The maximum atomic E-state index is 5.32. The second kappa shape index (κ2) is 4.28. The molecule has 0 amide bonds. The van der Waals surface area contributed by atoms with E-state index in [0.717, 1.165) is 24.0 Å². The van der Waals surface area contributed by atoms with Crippen molar-refractivity contribution in [1.29, 1.82) is 0 Å². The lowest BCUT2D eigenvalue weighted by atomic mass is 10.3. The van der Waals surface area contributed by atoms with Crippen molar-refractivity contribution in [3.63, 3.8) is 0 Å². The molecule has 0 N–H and O–H groups in total. The number of ether oxygens (including phenoxy) is 1. The Morgan fingerprint density at radius 2 is 2.43 bits per heavy atom. The van der Waals surface area contributed by atoms with Crippen LogP contribution in [0.4, 0.5) is 5.69 Å². The number of halogens is 1. The lowest BCUT2D eigenvalue weighted by Gasteiger charge is -2.17. The molecule has 1 aliphatic rings. The van der Waals surface area contributed by atoms with Gasteiger partial charge in [-0.2, -0.15) is 0 Å². The van der Waals surface area contributed by atoms with E-state index in [2.05, 4.69) is 31.9 Å². The van der Waals surface area contributed by atoms with Gasteiger partial charge in [-0.05, 0) is 28.4 Å². The van der Waals surface area contributed by atoms with Gasteiger partial charge in [0, 0.05) is 30.9 Å². The second-order valence-corrected chi connectivity index (χ2v) is 4.37. The van der Waals surface area contributed by atoms with E-state index in [9.17, 15) is 0 Å². The van der Waals surface area contributed by atoms with Crippen LogP contribution in [0.3, 0.4) is 0 Å². The highest BCUT2D eigenvalue weighted by atomic mass is 79.9. The van der Waals surface area contributed by atoms with Crippen molar-refractivity contribution in [1.82, 2.24) is 4.98 Å². The monoisotopic (exact) mass is 256 g/mol. The molecule has 0 unspecified atom stereocenters. The first kappa shape index (κ1) is 9.93. The molecule has 14 heavy (non-hydrogen) atoms. The fourth-order valence-electron chi connectivity index (χ4n) is 1.73. The van der Waals surface area contributed by atoms with E-state index in [0.29, 0.717) is 6.10 Å². The summed E-state index contributed by atoms with van der Waals surface area (Å²) in [6.45, 7) is 2.02. The molecule has 1 aromatic rings. The predicted octanol–water partition coefficient (Wildman–Crippen LogP) is 2.07. The molecule has 1 fully saturated rings. The molecule has 2 rings (SSSR count). The van der Waals surface area contributed by atoms with Gasteiger partial charge in [-0.1, -0.05) is 0 Å². The smallest absolute Gasteiger partial charge is 0.0762 e. The zero-order valence-electron chi connectivity index (χ0n) is 8.11. The zero-order valence-corrected chi connectivity index (χ0v) is 9.70. The topological polar surface area (TPSA) is 25.4 Å². The highest BCUT2D eigenvalue weighted by molar-refractivity contribution is 9.10. The predicted molar refractivity (Wildman–Crippen MR) is 59.6 cm³/mol. The van der Waals surface area contributed by atoms with Crippen molar-refractivity contribution in [2.24, 2.45) is 0 Å². The average Bonchev–Trinajstić information content (AvgIpc) is 2.66. The van der Waals surface area contributed by atoms with Crippen LogP contribution in [0.2, 0.25) is 0 Å². The number of nitrogens with zero attached hydrogens (tertiary/aromatic N) is 2. The Labute approximate surface area is 92.2 Å². The van der Waals surface area contributed by atoms with Crippen LogP contribution in [0.5, 0.6) is 0 Å². The number of rotatable bonds is 2. The molecule has 1 atom stereocenters. The van der Waals surface area contributed by atoms with Gasteiger partial charge < -0.3 is 9.64 Å². The third-order valence-electron chi connectivity index (χ3n) is 2.53. The highest BCUT2D eigenvalue weighted by Crippen LogP contribution is 2.23. The maximum Gasteiger partial charge on any atom is 0.0762 e. The van der Waals surface area contributed by atoms with Gasteiger partial charge in [0.2, 0.25) is 0 Å². The number of methoxy groups -OCH3 is 1. The van der Waals surface area contributed by atoms with Gasteiger partial charge in [0.05, 0.1) is 18.0 Å². The molecule has 4 heteroatoms. The molecule has 0 aliphatic carbocycles. The van der Waals surface area contributed by atoms with Gasteiger partial charge in [-0.15, -0.1) is 0 Å². The zero-order chi connectivity index (χ0) is 9.97. The molecule has 2 heterocycles. The number of pyridine rings is 1. The Morgan fingerprint density at radius 1 is 1.57 bits per heavy atom. The minimum Gasteiger partial charge on any atom is -0.380 e. The Hall–Kier alpha value is -0.610. The summed E-state index contributed by atoms with van der Waals surface area (Å²) < 4.78 is 6.34. The van der Waals surface area contributed by atoms with Crippen molar-refractivity contribution in [2.75, 3.05) is 25.1 Å². The second-order valence-electron chi connectivity index (χ2n) is 3.45. The van der Waals surface area contributed by atoms with Crippen molar-refractivity contribution < 1.29 is 4.74 Å². The first-order valence-electron chi connectivity index (χ1n) is 4.68. The van der Waals surface area contributed by atoms with Gasteiger partial charge in [0.15, 0.2) is 0 Å². The van der Waals surface area contributed by atoms with Crippen molar-refractivity contribution >= 4 is 21.6 Å². The largest absolute Gasteiger partial charge is 0.380 e. The van der Waals surface area contributed by atoms with E-state index in [-0.39, 0.29) is 0 Å². The Balaban J connectivity index is 2.09. The van der Waals surface area contributed by atoms with Crippen LogP contribution in [-0.4, -0.2) is 31.3 Å². The summed E-state index contributed by atoms with van der Waals surface area (Å²) in [6, 6.07) is 2.09. The molecule has 3 nitrogen and oxygen atoms in total. The van der Waals surface area contributed by atoms with Gasteiger partial charge in [0.25, 0.3) is 0 Å². The fourth-order valence-corrected chi connectivity index (χ4v) is 2.08. The Bertz CT molecular complexity index is 319. The lowest BCUT2D eigenvalue weighted by Crippen LogP contribution is -2.22. The minimum absolute atomic E-state index is 0.369. The van der Waals surface area contributed by atoms with E-state index < -0.39 is 0 Å². The summed E-state index contributed by atoms with van der Waals surface area (Å²) in [5.74, 6) is 0. The Kier molecular flexibility index (Phi) is 3.03. The molecule has 0 saturated carbocycles. The molecule has 76 valence electrons. The van der Waals surface area contributed by atoms with Crippen LogP contribution in [0.15, 0.2) is 22.9 Å². The summed E-state index contributed by atoms with van der Waals surface area (Å²) in [4.78, 5) is 6.45. The summed E-state index contributed by atoms with van der Waals surface area (Å²) >= 11 is 3.42. The molecular formula is C10H13BrN2O. The molecule has 1 aliphatic heterocycles. The maximum absolute atomic E-state index is 5.32. The summed E-state index contributed by atoms with van der Waals surface area (Å²) in [5, 5.41) is 0. The van der Waals surface area contributed by atoms with Crippen molar-refractivity contribution in [3.8, 4) is 0 Å². The van der Waals surface area contributed by atoms with Crippen molar-refractivity contribution in [3.05, 3.63) is 22.9 Å². The average molecular weight is 257 g/mol. The third kappa shape index (κ3) is 2.07. The van der Waals surface area contributed by atoms with Crippen LogP contribution < -0.4 is 4.90 Å². The Morgan fingerprint density at radius 3 is 3.07 bits per heavy atom. The normalized spacial score (nSPS) is 21.6. The number of hydrogen-bond acceptors (Lipinski definition) is 3. The molecule has 0 aromatic carbocycles. The van der Waals surface area contributed by atoms with Crippen LogP contribution in [0, 0.1) is 0 Å². The SMILES string of the molecule is CO[C@@H]1CCN(c2cncc(Br)c2)C1. The van der Waals surface area contributed by atoms with E-state index in [1.54, 1.807) is 13.3 Å². The van der Waals surface area contributed by atoms with E-state index in [1.165, 1.54) is 5.69 Å². The molecule has 0 spiro atoms. The standard InChI is InChI=1S/C10H13BrN2O/c1-14-10-2-3-13(7-10)9-4-8(11)5-12-6-9/h4-6,10H,2-3,7H2,1H3/t10-/m1/s1. The summed E-state index contributed by atoms with van der Waals surface area (Å²) in [7, 11) is 1.77. The van der Waals surface area contributed by atoms with Crippen LogP contribution in [0.1, 0.15) is 6.42 Å². The minimum atomic E-state index is 0.369. The van der Waals surface area contributed by atoms with Gasteiger partial charge in [-0.3, -0.25) is 4.98 Å². The molecule has 1 aromatic heterocycles. The fraction of sp³-hybridized carbons (Fsp3) is 0.500. The third-order valence-corrected chi connectivity index (χ3v) is 2.97. The van der Waals surface area contributed by atoms with Gasteiger partial charge in [-0.25, -0.2) is 0 Å². The molecular weight excluding hydrogens is 244 g/mol. The first-order valence-corrected chi connectivity index (χ1v) is 5.47. The highest BCUT2D eigenvalue weighted by Gasteiger charge is 2.22. The molecule has 1 saturated heterocycles. The summed E-state index contributed by atoms with van der Waals surface area (Å²) in [6.07, 6.45) is 5.16. The number of anilines is 1. The van der Waals surface area contributed by atoms with Crippen LogP contribution in [0.25, 0.3) is 0 Å². The van der Waals surface area contributed by atoms with E-state index >= 15 is 0 Å². The van der Waals surface area contributed by atoms with Crippen molar-refractivity contribution in [2.45, 2.75) is 12.5 Å². The first-order chi connectivity index (χ1) is 6.79. The van der Waals surface area contributed by atoms with Gasteiger partial charge >= 0.3 is 0 Å². The van der Waals surface area contributed by atoms with Crippen LogP contribution >= 0.6 is 15.9 Å². The molecule has 0 bridgehead atoms. The number of aromatic nitrogens is 1. The summed E-state index contributed by atoms with van der Waals surface area (Å²) in [5.41, 5.74) is 1.17.